The molecule has 2 N–H and O–H groups in total. The number of nitrogens with zero attached hydrogens (tertiary/aromatic N) is 1. The van der Waals surface area contributed by atoms with Gasteiger partial charge in [0.15, 0.2) is 0 Å². The van der Waals surface area contributed by atoms with E-state index in [1.807, 2.05) is 37.3 Å². The standard InChI is InChI=1S/C19H29N3O3/c1-19(17(23)21-15-16-7-4-3-5-8-16)9-12-22(13-10-19)18(24)20-11-6-14-25-2/h3-5,7-8H,6,9-15H2,1-2H3,(H,20,24)(H,21,23). The Kier molecular flexibility index (Phi) is 7.25. The van der Waals surface area contributed by atoms with Gasteiger partial charge < -0.3 is 20.3 Å². The van der Waals surface area contributed by atoms with Crippen LogP contribution in [0.2, 0.25) is 0 Å². The average Bonchev–Trinajstić information content (AvgIpc) is 2.64. The van der Waals surface area contributed by atoms with Crippen LogP contribution in [0.1, 0.15) is 31.7 Å². The third-order valence-corrected chi connectivity index (χ3v) is 4.80. The molecule has 0 radical (unpaired) electrons. The molecule has 1 heterocycles. The lowest BCUT2D eigenvalue weighted by atomic mass is 9.79. The Labute approximate surface area is 149 Å². The van der Waals surface area contributed by atoms with Crippen LogP contribution in [-0.4, -0.2) is 50.2 Å². The van der Waals surface area contributed by atoms with Crippen molar-refractivity contribution in [2.24, 2.45) is 5.41 Å². The number of piperidine rings is 1. The zero-order chi connectivity index (χ0) is 18.1. The highest BCUT2D eigenvalue weighted by Gasteiger charge is 2.37. The van der Waals surface area contributed by atoms with Crippen molar-refractivity contribution >= 4 is 11.9 Å². The summed E-state index contributed by atoms with van der Waals surface area (Å²) in [6.45, 7) is 4.98. The molecule has 1 aliphatic rings. The second-order valence-electron chi connectivity index (χ2n) is 6.79. The van der Waals surface area contributed by atoms with Gasteiger partial charge in [-0.05, 0) is 24.8 Å². The first-order valence-corrected chi connectivity index (χ1v) is 8.89. The summed E-state index contributed by atoms with van der Waals surface area (Å²) in [6, 6.07) is 9.84. The third kappa shape index (κ3) is 5.74. The van der Waals surface area contributed by atoms with Crippen LogP contribution in [0.5, 0.6) is 0 Å². The SMILES string of the molecule is COCCCNC(=O)N1CCC(C)(C(=O)NCc2ccccc2)CC1. The van der Waals surface area contributed by atoms with Crippen LogP contribution in [0, 0.1) is 5.41 Å². The molecule has 6 heteroatoms. The van der Waals surface area contributed by atoms with Gasteiger partial charge in [0.05, 0.1) is 0 Å². The fourth-order valence-electron chi connectivity index (χ4n) is 2.95. The molecule has 0 bridgehead atoms. The zero-order valence-electron chi connectivity index (χ0n) is 15.2. The van der Waals surface area contributed by atoms with E-state index in [0.717, 1.165) is 12.0 Å². The predicted molar refractivity (Wildman–Crippen MR) is 97.1 cm³/mol. The van der Waals surface area contributed by atoms with Crippen LogP contribution in [0.25, 0.3) is 0 Å². The highest BCUT2D eigenvalue weighted by atomic mass is 16.5. The summed E-state index contributed by atoms with van der Waals surface area (Å²) in [6.07, 6.45) is 2.16. The van der Waals surface area contributed by atoms with E-state index in [-0.39, 0.29) is 11.9 Å². The topological polar surface area (TPSA) is 70.7 Å². The Morgan fingerprint density at radius 1 is 1.16 bits per heavy atom. The summed E-state index contributed by atoms with van der Waals surface area (Å²) in [5.41, 5.74) is 0.675. The molecular formula is C19H29N3O3. The Hall–Kier alpha value is -2.08. The number of ether oxygens (including phenoxy) is 1. The maximum Gasteiger partial charge on any atom is 0.317 e. The van der Waals surface area contributed by atoms with Crippen molar-refractivity contribution in [3.63, 3.8) is 0 Å². The fourth-order valence-corrected chi connectivity index (χ4v) is 2.95. The molecule has 0 spiro atoms. The van der Waals surface area contributed by atoms with Gasteiger partial charge in [0.2, 0.25) is 5.91 Å². The first-order chi connectivity index (χ1) is 12.0. The molecule has 1 fully saturated rings. The normalized spacial score (nSPS) is 16.3. The Morgan fingerprint density at radius 2 is 1.84 bits per heavy atom. The molecule has 25 heavy (non-hydrogen) atoms. The number of urea groups is 1. The van der Waals surface area contributed by atoms with Gasteiger partial charge in [-0.2, -0.15) is 0 Å². The number of benzene rings is 1. The number of likely N-dealkylation sites (tertiary alicyclic amines) is 1. The van der Waals surface area contributed by atoms with Crippen molar-refractivity contribution in [1.82, 2.24) is 15.5 Å². The van der Waals surface area contributed by atoms with Crippen LogP contribution in [0.3, 0.4) is 0 Å². The van der Waals surface area contributed by atoms with E-state index in [2.05, 4.69) is 10.6 Å². The van der Waals surface area contributed by atoms with Crippen molar-refractivity contribution in [2.45, 2.75) is 32.7 Å². The molecule has 6 nitrogen and oxygen atoms in total. The van der Waals surface area contributed by atoms with Gasteiger partial charge in [-0.15, -0.1) is 0 Å². The van der Waals surface area contributed by atoms with Gasteiger partial charge in [-0.3, -0.25) is 4.79 Å². The molecule has 1 aliphatic heterocycles. The van der Waals surface area contributed by atoms with E-state index in [9.17, 15) is 9.59 Å². The van der Waals surface area contributed by atoms with E-state index >= 15 is 0 Å². The van der Waals surface area contributed by atoms with Crippen LogP contribution < -0.4 is 10.6 Å². The summed E-state index contributed by atoms with van der Waals surface area (Å²) in [7, 11) is 1.65. The van der Waals surface area contributed by atoms with Gasteiger partial charge in [0, 0.05) is 45.3 Å². The minimum Gasteiger partial charge on any atom is -0.385 e. The molecule has 3 amide bonds. The fraction of sp³-hybridized carbons (Fsp3) is 0.579. The van der Waals surface area contributed by atoms with Gasteiger partial charge in [0.25, 0.3) is 0 Å². The number of hydrogen-bond acceptors (Lipinski definition) is 3. The van der Waals surface area contributed by atoms with Crippen molar-refractivity contribution in [1.29, 1.82) is 0 Å². The molecule has 1 aromatic rings. The number of rotatable bonds is 7. The number of carbonyl (C=O) groups excluding carboxylic acids is 2. The molecule has 2 rings (SSSR count). The lowest BCUT2D eigenvalue weighted by molar-refractivity contribution is -0.132. The van der Waals surface area contributed by atoms with Crippen molar-refractivity contribution in [2.75, 3.05) is 33.4 Å². The molecule has 0 saturated carbocycles. The molecule has 0 unspecified atom stereocenters. The first kappa shape index (κ1) is 19.2. The Bertz CT molecular complexity index is 554. The van der Waals surface area contributed by atoms with Crippen LogP contribution in [0.4, 0.5) is 4.79 Å². The number of methoxy groups -OCH3 is 1. The highest BCUT2D eigenvalue weighted by Crippen LogP contribution is 2.31. The minimum atomic E-state index is -0.415. The van der Waals surface area contributed by atoms with Crippen LogP contribution in [-0.2, 0) is 16.1 Å². The molecule has 0 aromatic heterocycles. The number of amides is 3. The first-order valence-electron chi connectivity index (χ1n) is 8.89. The average molecular weight is 347 g/mol. The molecular weight excluding hydrogens is 318 g/mol. The highest BCUT2D eigenvalue weighted by molar-refractivity contribution is 5.83. The Morgan fingerprint density at radius 3 is 2.48 bits per heavy atom. The maximum atomic E-state index is 12.6. The summed E-state index contributed by atoms with van der Waals surface area (Å²) in [4.78, 5) is 26.5. The maximum absolute atomic E-state index is 12.6. The molecule has 1 saturated heterocycles. The Balaban J connectivity index is 1.75. The second kappa shape index (κ2) is 9.42. The van der Waals surface area contributed by atoms with Crippen LogP contribution >= 0.6 is 0 Å². The van der Waals surface area contributed by atoms with E-state index in [4.69, 9.17) is 4.74 Å². The summed E-state index contributed by atoms with van der Waals surface area (Å²) >= 11 is 0. The molecule has 138 valence electrons. The monoisotopic (exact) mass is 347 g/mol. The number of hydrogen-bond donors (Lipinski definition) is 2. The second-order valence-corrected chi connectivity index (χ2v) is 6.79. The van der Waals surface area contributed by atoms with E-state index < -0.39 is 5.41 Å². The number of nitrogens with one attached hydrogen (secondary N) is 2. The molecule has 1 aromatic carbocycles. The quantitative estimate of drug-likeness (QED) is 0.743. The largest absolute Gasteiger partial charge is 0.385 e. The summed E-state index contributed by atoms with van der Waals surface area (Å²) in [5, 5.41) is 5.93. The lowest BCUT2D eigenvalue weighted by Crippen LogP contribution is -2.51. The van der Waals surface area contributed by atoms with Crippen molar-refractivity contribution in [3.8, 4) is 0 Å². The van der Waals surface area contributed by atoms with Gasteiger partial charge in [0.1, 0.15) is 0 Å². The smallest absolute Gasteiger partial charge is 0.317 e. The van der Waals surface area contributed by atoms with Crippen LogP contribution in [0.15, 0.2) is 30.3 Å². The predicted octanol–water partition coefficient (Wildman–Crippen LogP) is 2.15. The summed E-state index contributed by atoms with van der Waals surface area (Å²) < 4.78 is 4.97. The van der Waals surface area contributed by atoms with Crippen molar-refractivity contribution in [3.05, 3.63) is 35.9 Å². The van der Waals surface area contributed by atoms with E-state index in [0.29, 0.717) is 45.6 Å². The van der Waals surface area contributed by atoms with Gasteiger partial charge in [-0.25, -0.2) is 4.79 Å². The van der Waals surface area contributed by atoms with Crippen molar-refractivity contribution < 1.29 is 14.3 Å². The molecule has 0 atom stereocenters. The minimum absolute atomic E-state index is 0.0529. The zero-order valence-corrected chi connectivity index (χ0v) is 15.2. The lowest BCUT2D eigenvalue weighted by Gasteiger charge is -2.38. The van der Waals surface area contributed by atoms with Gasteiger partial charge in [-0.1, -0.05) is 37.3 Å². The van der Waals surface area contributed by atoms with E-state index in [1.165, 1.54) is 0 Å². The summed E-state index contributed by atoms with van der Waals surface area (Å²) in [5.74, 6) is 0.0662. The van der Waals surface area contributed by atoms with E-state index in [1.54, 1.807) is 12.0 Å². The number of carbonyl (C=O) groups is 2. The van der Waals surface area contributed by atoms with Gasteiger partial charge >= 0.3 is 6.03 Å². The third-order valence-electron chi connectivity index (χ3n) is 4.80. The molecule has 0 aliphatic carbocycles.